The van der Waals surface area contributed by atoms with Gasteiger partial charge in [-0.25, -0.2) is 0 Å². The summed E-state index contributed by atoms with van der Waals surface area (Å²) in [6, 6.07) is 13.3. The first-order chi connectivity index (χ1) is 8.72. The van der Waals surface area contributed by atoms with Gasteiger partial charge in [-0.05, 0) is 46.7 Å². The van der Waals surface area contributed by atoms with E-state index in [2.05, 4.69) is 62.3 Å². The first-order valence-electron chi connectivity index (χ1n) is 6.62. The Morgan fingerprint density at radius 3 is 2.50 bits per heavy atom. The summed E-state index contributed by atoms with van der Waals surface area (Å²) >= 11 is 0. The van der Waals surface area contributed by atoms with Gasteiger partial charge in [0.2, 0.25) is 0 Å². The number of fused-ring (bicyclic) bond motifs is 3. The highest BCUT2D eigenvalue weighted by Crippen LogP contribution is 2.41. The lowest BCUT2D eigenvalue weighted by Gasteiger charge is -2.20. The minimum Gasteiger partial charge on any atom is -0.377 e. The topological polar surface area (TPSA) is 3.24 Å². The Morgan fingerprint density at radius 2 is 1.78 bits per heavy atom. The van der Waals surface area contributed by atoms with E-state index in [-0.39, 0.29) is 0 Å². The summed E-state index contributed by atoms with van der Waals surface area (Å²) in [5, 5.41) is 0. The maximum Gasteiger partial charge on any atom is 0.0396 e. The van der Waals surface area contributed by atoms with Crippen molar-refractivity contribution in [3.8, 4) is 11.1 Å². The summed E-state index contributed by atoms with van der Waals surface area (Å²) in [7, 11) is 4.26. The first-order valence-corrected chi connectivity index (χ1v) is 6.62. The van der Waals surface area contributed by atoms with Crippen LogP contribution in [0.15, 0.2) is 36.4 Å². The molecule has 3 rings (SSSR count). The second-order valence-electron chi connectivity index (χ2n) is 5.17. The molecule has 0 atom stereocenters. The molecule has 0 spiro atoms. The Labute approximate surface area is 109 Å². The van der Waals surface area contributed by atoms with Gasteiger partial charge in [0.15, 0.2) is 0 Å². The minimum absolute atomic E-state index is 1.09. The van der Waals surface area contributed by atoms with Crippen molar-refractivity contribution >= 4 is 5.69 Å². The van der Waals surface area contributed by atoms with Gasteiger partial charge in [-0.1, -0.05) is 37.3 Å². The second-order valence-corrected chi connectivity index (χ2v) is 5.17. The smallest absolute Gasteiger partial charge is 0.0396 e. The summed E-state index contributed by atoms with van der Waals surface area (Å²) < 4.78 is 0. The highest BCUT2D eigenvalue weighted by Gasteiger charge is 2.22. The molecule has 1 nitrogen and oxygen atoms in total. The molecular weight excluding hydrogens is 218 g/mol. The number of rotatable bonds is 2. The predicted octanol–water partition coefficient (Wildman–Crippen LogP) is 3.89. The van der Waals surface area contributed by atoms with E-state index >= 15 is 0 Å². The second kappa shape index (κ2) is 4.16. The molecule has 1 aliphatic rings. The number of anilines is 1. The summed E-state index contributed by atoms with van der Waals surface area (Å²) in [5.74, 6) is 0. The summed E-state index contributed by atoms with van der Waals surface area (Å²) in [5.41, 5.74) is 8.74. The monoisotopic (exact) mass is 237 g/mol. The van der Waals surface area contributed by atoms with Crippen LogP contribution < -0.4 is 4.90 Å². The van der Waals surface area contributed by atoms with Crippen LogP contribution in [0.5, 0.6) is 0 Å². The van der Waals surface area contributed by atoms with Crippen molar-refractivity contribution < 1.29 is 0 Å². The highest BCUT2D eigenvalue weighted by molar-refractivity contribution is 5.81. The lowest BCUT2D eigenvalue weighted by Crippen LogP contribution is -2.12. The molecule has 2 aromatic carbocycles. The third-order valence-corrected chi connectivity index (χ3v) is 3.92. The molecule has 0 N–H and O–H groups in total. The van der Waals surface area contributed by atoms with Crippen molar-refractivity contribution in [1.29, 1.82) is 0 Å². The largest absolute Gasteiger partial charge is 0.377 e. The average Bonchev–Trinajstić information content (AvgIpc) is 2.75. The van der Waals surface area contributed by atoms with Crippen molar-refractivity contribution in [1.82, 2.24) is 0 Å². The molecule has 0 unspecified atom stereocenters. The van der Waals surface area contributed by atoms with Gasteiger partial charge in [0.05, 0.1) is 0 Å². The standard InChI is InChI=1S/C17H19N/c1-4-13-16-11-12-7-5-6-8-14(12)15(16)9-10-17(13)18(2)3/h5-10H,4,11H2,1-3H3. The lowest BCUT2D eigenvalue weighted by molar-refractivity contribution is 1.03. The van der Waals surface area contributed by atoms with Crippen LogP contribution in [-0.2, 0) is 12.8 Å². The summed E-state index contributed by atoms with van der Waals surface area (Å²) in [6.45, 7) is 2.26. The Morgan fingerprint density at radius 1 is 1.00 bits per heavy atom. The average molecular weight is 237 g/mol. The number of nitrogens with zero attached hydrogens (tertiary/aromatic N) is 1. The zero-order valence-corrected chi connectivity index (χ0v) is 11.3. The van der Waals surface area contributed by atoms with E-state index in [1.54, 1.807) is 0 Å². The Hall–Kier alpha value is -1.76. The van der Waals surface area contributed by atoms with Crippen LogP contribution in [0.1, 0.15) is 23.6 Å². The van der Waals surface area contributed by atoms with Crippen LogP contribution in [0.3, 0.4) is 0 Å². The molecule has 0 amide bonds. The SMILES string of the molecule is CCc1c(N(C)C)ccc2c1Cc1ccccc1-2. The Kier molecular flexibility index (Phi) is 2.62. The van der Waals surface area contributed by atoms with E-state index in [1.807, 2.05) is 0 Å². The van der Waals surface area contributed by atoms with Gasteiger partial charge in [0, 0.05) is 19.8 Å². The van der Waals surface area contributed by atoms with Crippen molar-refractivity contribution in [2.45, 2.75) is 19.8 Å². The van der Waals surface area contributed by atoms with Crippen molar-refractivity contribution in [2.75, 3.05) is 19.0 Å². The summed E-state index contributed by atoms with van der Waals surface area (Å²) in [6.07, 6.45) is 2.20. The van der Waals surface area contributed by atoms with Crippen molar-refractivity contribution in [3.63, 3.8) is 0 Å². The van der Waals surface area contributed by atoms with Crippen LogP contribution >= 0.6 is 0 Å². The normalized spacial score (nSPS) is 12.2. The fourth-order valence-electron chi connectivity index (χ4n) is 3.08. The minimum atomic E-state index is 1.09. The van der Waals surface area contributed by atoms with Crippen molar-refractivity contribution in [2.24, 2.45) is 0 Å². The molecular formula is C17H19N. The van der Waals surface area contributed by atoms with E-state index in [9.17, 15) is 0 Å². The molecule has 18 heavy (non-hydrogen) atoms. The van der Waals surface area contributed by atoms with Gasteiger partial charge in [0.25, 0.3) is 0 Å². The van der Waals surface area contributed by atoms with E-state index in [0.717, 1.165) is 12.8 Å². The predicted molar refractivity (Wildman–Crippen MR) is 78.4 cm³/mol. The molecule has 0 heterocycles. The molecule has 0 fully saturated rings. The molecule has 1 heteroatoms. The quantitative estimate of drug-likeness (QED) is 0.653. The number of benzene rings is 2. The van der Waals surface area contributed by atoms with E-state index in [0.29, 0.717) is 0 Å². The fourth-order valence-corrected chi connectivity index (χ4v) is 3.08. The maximum absolute atomic E-state index is 2.29. The van der Waals surface area contributed by atoms with E-state index in [1.165, 1.54) is 33.5 Å². The lowest BCUT2D eigenvalue weighted by atomic mass is 9.97. The molecule has 0 radical (unpaired) electrons. The van der Waals surface area contributed by atoms with Gasteiger partial charge in [0.1, 0.15) is 0 Å². The summed E-state index contributed by atoms with van der Waals surface area (Å²) in [4.78, 5) is 2.22. The zero-order chi connectivity index (χ0) is 12.7. The molecule has 0 aliphatic heterocycles. The number of hydrogen-bond donors (Lipinski definition) is 0. The molecule has 1 aliphatic carbocycles. The van der Waals surface area contributed by atoms with Gasteiger partial charge in [-0.3, -0.25) is 0 Å². The van der Waals surface area contributed by atoms with Gasteiger partial charge in [-0.15, -0.1) is 0 Å². The van der Waals surface area contributed by atoms with Crippen molar-refractivity contribution in [3.05, 3.63) is 53.1 Å². The molecule has 0 aromatic heterocycles. The molecule has 92 valence electrons. The van der Waals surface area contributed by atoms with E-state index < -0.39 is 0 Å². The molecule has 0 saturated carbocycles. The van der Waals surface area contributed by atoms with Crippen LogP contribution in [0, 0.1) is 0 Å². The van der Waals surface area contributed by atoms with Crippen LogP contribution in [-0.4, -0.2) is 14.1 Å². The van der Waals surface area contributed by atoms with Gasteiger partial charge >= 0.3 is 0 Å². The van der Waals surface area contributed by atoms with Crippen LogP contribution in [0.25, 0.3) is 11.1 Å². The first kappa shape index (κ1) is 11.3. The highest BCUT2D eigenvalue weighted by atomic mass is 15.1. The fraction of sp³-hybridized carbons (Fsp3) is 0.294. The Bertz CT molecular complexity index is 597. The molecule has 0 bridgehead atoms. The van der Waals surface area contributed by atoms with Crippen LogP contribution in [0.2, 0.25) is 0 Å². The number of hydrogen-bond acceptors (Lipinski definition) is 1. The maximum atomic E-state index is 2.29. The van der Waals surface area contributed by atoms with Gasteiger partial charge in [-0.2, -0.15) is 0 Å². The zero-order valence-electron chi connectivity index (χ0n) is 11.3. The molecule has 0 saturated heterocycles. The van der Waals surface area contributed by atoms with Gasteiger partial charge < -0.3 is 4.90 Å². The third kappa shape index (κ3) is 1.54. The Balaban J connectivity index is 2.22. The third-order valence-electron chi connectivity index (χ3n) is 3.92. The van der Waals surface area contributed by atoms with Crippen LogP contribution in [0.4, 0.5) is 5.69 Å². The van der Waals surface area contributed by atoms with E-state index in [4.69, 9.17) is 0 Å². The molecule has 2 aromatic rings.